The van der Waals surface area contributed by atoms with Gasteiger partial charge in [0, 0.05) is 24.9 Å². The summed E-state index contributed by atoms with van der Waals surface area (Å²) in [6, 6.07) is 10.9. The number of nitrogens with one attached hydrogen (secondary N) is 1. The van der Waals surface area contributed by atoms with Crippen molar-refractivity contribution in [3.05, 3.63) is 70.8 Å². The molecule has 0 spiro atoms. The van der Waals surface area contributed by atoms with E-state index in [2.05, 4.69) is 5.32 Å². The second-order valence-electron chi connectivity index (χ2n) is 9.77. The lowest BCUT2D eigenvalue weighted by atomic mass is 9.86. The molecule has 2 aliphatic heterocycles. The van der Waals surface area contributed by atoms with Gasteiger partial charge in [-0.15, -0.1) is 0 Å². The van der Waals surface area contributed by atoms with Crippen molar-refractivity contribution in [2.24, 2.45) is 5.92 Å². The molecule has 0 bridgehead atoms. The first-order valence-electron chi connectivity index (χ1n) is 12.4. The summed E-state index contributed by atoms with van der Waals surface area (Å²) in [6.07, 6.45) is -9.42. The highest BCUT2D eigenvalue weighted by molar-refractivity contribution is 5.79. The molecule has 0 aliphatic carbocycles. The first-order chi connectivity index (χ1) is 17.4. The molecule has 2 heterocycles. The molecule has 10 heteroatoms. The van der Waals surface area contributed by atoms with E-state index >= 15 is 0 Å². The van der Waals surface area contributed by atoms with Gasteiger partial charge in [-0.05, 0) is 68.6 Å². The maximum absolute atomic E-state index is 13.4. The largest absolute Gasteiger partial charge is 0.416 e. The fourth-order valence-electron chi connectivity index (χ4n) is 5.20. The molecule has 1 amide bonds. The Kier molecular flexibility index (Phi) is 8.18. The van der Waals surface area contributed by atoms with Gasteiger partial charge in [0.1, 0.15) is 0 Å². The number of likely N-dealkylation sites (tertiary alicyclic amines) is 1. The van der Waals surface area contributed by atoms with E-state index < -0.39 is 35.7 Å². The standard InChI is InChI=1S/C27H30F6N2O2/c1-17(20-13-21(26(28,29)30)15-22(14-20)27(31,32)33)37-24-9-12-35(25(36)19-7-10-34-11-8-19)16-23(24)18-5-3-2-4-6-18/h2-6,13-15,17,19,23-24,34H,7-12,16H2,1H3/t17-,23-,24-/m0/s1. The number of ether oxygens (including phenoxy) is 1. The van der Waals surface area contributed by atoms with E-state index in [-0.39, 0.29) is 29.4 Å². The Morgan fingerprint density at radius 1 is 0.946 bits per heavy atom. The first kappa shape index (κ1) is 27.4. The zero-order chi connectivity index (χ0) is 26.8. The highest BCUT2D eigenvalue weighted by Gasteiger charge is 2.39. The SMILES string of the molecule is C[C@H](O[C@H]1CCN(C(=O)C2CCNCC2)C[C@H]1c1ccccc1)c1cc(C(F)(F)F)cc(C(F)(F)F)c1. The number of nitrogens with zero attached hydrogens (tertiary/aromatic N) is 1. The second kappa shape index (κ2) is 11.0. The van der Waals surface area contributed by atoms with Gasteiger partial charge in [-0.1, -0.05) is 30.3 Å². The molecule has 2 aromatic carbocycles. The maximum Gasteiger partial charge on any atom is 0.416 e. The second-order valence-corrected chi connectivity index (χ2v) is 9.77. The molecule has 0 radical (unpaired) electrons. The normalized spacial score (nSPS) is 22.6. The van der Waals surface area contributed by atoms with Gasteiger partial charge in [0.25, 0.3) is 0 Å². The minimum atomic E-state index is -4.93. The summed E-state index contributed by atoms with van der Waals surface area (Å²) >= 11 is 0. The third-order valence-corrected chi connectivity index (χ3v) is 7.24. The van der Waals surface area contributed by atoms with Crippen molar-refractivity contribution in [2.75, 3.05) is 26.2 Å². The zero-order valence-corrected chi connectivity index (χ0v) is 20.4. The van der Waals surface area contributed by atoms with Gasteiger partial charge in [0.2, 0.25) is 5.91 Å². The molecule has 2 fully saturated rings. The van der Waals surface area contributed by atoms with Crippen molar-refractivity contribution >= 4 is 5.91 Å². The van der Waals surface area contributed by atoms with Crippen LogP contribution in [-0.2, 0) is 21.9 Å². The number of alkyl halides is 6. The molecule has 1 N–H and O–H groups in total. The Bertz CT molecular complexity index is 1030. The Labute approximate surface area is 212 Å². The fourth-order valence-corrected chi connectivity index (χ4v) is 5.20. The van der Waals surface area contributed by atoms with Gasteiger partial charge in [0.15, 0.2) is 0 Å². The highest BCUT2D eigenvalue weighted by Crippen LogP contribution is 2.39. The summed E-state index contributed by atoms with van der Waals surface area (Å²) in [4.78, 5) is 15.0. The summed E-state index contributed by atoms with van der Waals surface area (Å²) in [5.41, 5.74) is -2.02. The number of rotatable bonds is 5. The zero-order valence-electron chi connectivity index (χ0n) is 20.4. The Hall–Kier alpha value is -2.59. The van der Waals surface area contributed by atoms with Gasteiger partial charge in [-0.2, -0.15) is 26.3 Å². The van der Waals surface area contributed by atoms with Gasteiger partial charge in [-0.3, -0.25) is 4.79 Å². The lowest BCUT2D eigenvalue weighted by Gasteiger charge is -2.41. The molecule has 4 nitrogen and oxygen atoms in total. The van der Waals surface area contributed by atoms with Gasteiger partial charge in [0.05, 0.1) is 23.3 Å². The number of carbonyl (C=O) groups is 1. The van der Waals surface area contributed by atoms with Crippen LogP contribution in [0.4, 0.5) is 26.3 Å². The van der Waals surface area contributed by atoms with Gasteiger partial charge < -0.3 is 15.0 Å². The van der Waals surface area contributed by atoms with Gasteiger partial charge in [-0.25, -0.2) is 0 Å². The van der Waals surface area contributed by atoms with Crippen LogP contribution in [0.3, 0.4) is 0 Å². The van der Waals surface area contributed by atoms with Crippen molar-refractivity contribution in [2.45, 2.75) is 56.7 Å². The molecular weight excluding hydrogens is 498 g/mol. The molecule has 4 rings (SSSR count). The molecule has 2 aromatic rings. The predicted octanol–water partition coefficient (Wildman–Crippen LogP) is 6.19. The van der Waals surface area contributed by atoms with E-state index in [4.69, 9.17) is 4.74 Å². The lowest BCUT2D eigenvalue weighted by molar-refractivity contribution is -0.143. The molecule has 0 aromatic heterocycles. The van der Waals surface area contributed by atoms with Crippen LogP contribution in [0.15, 0.2) is 48.5 Å². The maximum atomic E-state index is 13.4. The number of amides is 1. The molecule has 2 saturated heterocycles. The van der Waals surface area contributed by atoms with E-state index in [1.54, 1.807) is 0 Å². The van der Waals surface area contributed by atoms with Crippen LogP contribution in [-0.4, -0.2) is 43.1 Å². The first-order valence-corrected chi connectivity index (χ1v) is 12.4. The fraction of sp³-hybridized carbons (Fsp3) is 0.519. The third-order valence-electron chi connectivity index (χ3n) is 7.24. The molecule has 0 saturated carbocycles. The van der Waals surface area contributed by atoms with Crippen molar-refractivity contribution in [3.8, 4) is 0 Å². The van der Waals surface area contributed by atoms with Crippen LogP contribution in [0, 0.1) is 5.92 Å². The molecule has 3 atom stereocenters. The molecule has 202 valence electrons. The molecule has 2 aliphatic rings. The van der Waals surface area contributed by atoms with Crippen molar-refractivity contribution in [1.29, 1.82) is 0 Å². The molecular formula is C27H30F6N2O2. The third kappa shape index (κ3) is 6.65. The number of halogens is 6. The van der Waals surface area contributed by atoms with Crippen molar-refractivity contribution in [3.63, 3.8) is 0 Å². The Balaban J connectivity index is 1.57. The Morgan fingerprint density at radius 3 is 2.11 bits per heavy atom. The monoisotopic (exact) mass is 528 g/mol. The molecule has 37 heavy (non-hydrogen) atoms. The summed E-state index contributed by atoms with van der Waals surface area (Å²) in [5, 5.41) is 3.25. The van der Waals surface area contributed by atoms with Crippen LogP contribution in [0.25, 0.3) is 0 Å². The highest BCUT2D eigenvalue weighted by atomic mass is 19.4. The van der Waals surface area contributed by atoms with Crippen LogP contribution >= 0.6 is 0 Å². The summed E-state index contributed by atoms with van der Waals surface area (Å²) < 4.78 is 86.4. The number of carbonyl (C=O) groups excluding carboxylic acids is 1. The van der Waals surface area contributed by atoms with Crippen LogP contribution in [0.5, 0.6) is 0 Å². The van der Waals surface area contributed by atoms with Gasteiger partial charge >= 0.3 is 12.4 Å². The van der Waals surface area contributed by atoms with E-state index in [0.29, 0.717) is 31.6 Å². The quantitative estimate of drug-likeness (QED) is 0.471. The summed E-state index contributed by atoms with van der Waals surface area (Å²) in [6.45, 7) is 3.82. The van der Waals surface area contributed by atoms with Crippen molar-refractivity contribution < 1.29 is 35.9 Å². The smallest absolute Gasteiger partial charge is 0.370 e. The topological polar surface area (TPSA) is 41.6 Å². The average molecular weight is 529 g/mol. The predicted molar refractivity (Wildman–Crippen MR) is 126 cm³/mol. The average Bonchev–Trinajstić information content (AvgIpc) is 2.88. The van der Waals surface area contributed by atoms with Crippen LogP contribution in [0.1, 0.15) is 60.5 Å². The minimum absolute atomic E-state index is 0.0556. The molecule has 0 unspecified atom stereocenters. The number of hydrogen-bond donors (Lipinski definition) is 1. The Morgan fingerprint density at radius 2 is 1.54 bits per heavy atom. The van der Waals surface area contributed by atoms with E-state index in [1.165, 1.54) is 6.92 Å². The van der Waals surface area contributed by atoms with Crippen LogP contribution < -0.4 is 5.32 Å². The summed E-state index contributed by atoms with van der Waals surface area (Å²) in [7, 11) is 0. The van der Waals surface area contributed by atoms with E-state index in [0.717, 1.165) is 31.5 Å². The number of hydrogen-bond acceptors (Lipinski definition) is 3. The number of piperidine rings is 2. The van der Waals surface area contributed by atoms with Crippen LogP contribution in [0.2, 0.25) is 0 Å². The van der Waals surface area contributed by atoms with Crippen molar-refractivity contribution in [1.82, 2.24) is 10.2 Å². The minimum Gasteiger partial charge on any atom is -0.370 e. The van der Waals surface area contributed by atoms with E-state index in [9.17, 15) is 31.1 Å². The number of benzene rings is 2. The lowest BCUT2D eigenvalue weighted by Crippen LogP contribution is -2.49. The van der Waals surface area contributed by atoms with E-state index in [1.807, 2.05) is 35.2 Å². The summed E-state index contributed by atoms with van der Waals surface area (Å²) in [5.74, 6) is -0.238.